The van der Waals surface area contributed by atoms with E-state index < -0.39 is 12.1 Å². The van der Waals surface area contributed by atoms with Gasteiger partial charge in [-0.1, -0.05) is 275 Å². The molecule has 2 atom stereocenters. The SMILES string of the molecule is CCCCCCCCCCCCCCCCCCCC/C=C/C(O)C(CO)NC(=O)CCCCCCCC/C=C\C=C/CCCCCOC(=O)CCCCCCCCCCCCCCCCC. The summed E-state index contributed by atoms with van der Waals surface area (Å²) in [5.74, 6) is -0.108. The summed E-state index contributed by atoms with van der Waals surface area (Å²) >= 11 is 0. The van der Waals surface area contributed by atoms with Crippen molar-refractivity contribution in [3.05, 3.63) is 36.5 Å². The average molecular weight is 943 g/mol. The molecule has 1 amide bonds. The molecule has 394 valence electrons. The minimum absolute atomic E-state index is 0.0198. The van der Waals surface area contributed by atoms with Crippen LogP contribution in [0.15, 0.2) is 36.5 Å². The summed E-state index contributed by atoms with van der Waals surface area (Å²) in [5, 5.41) is 23.2. The number of esters is 1. The lowest BCUT2D eigenvalue weighted by molar-refractivity contribution is -0.143. The van der Waals surface area contributed by atoms with Crippen molar-refractivity contribution in [2.45, 2.75) is 328 Å². The first-order valence-corrected chi connectivity index (χ1v) is 29.8. The van der Waals surface area contributed by atoms with Gasteiger partial charge in [0.25, 0.3) is 0 Å². The number of allylic oxidation sites excluding steroid dienone is 5. The summed E-state index contributed by atoms with van der Waals surface area (Å²) in [6.45, 7) is 4.87. The molecule has 6 heteroatoms. The van der Waals surface area contributed by atoms with Gasteiger partial charge in [-0.3, -0.25) is 9.59 Å². The number of hydrogen-bond donors (Lipinski definition) is 3. The fourth-order valence-electron chi connectivity index (χ4n) is 9.10. The number of aliphatic hydroxyl groups is 2. The lowest BCUT2D eigenvalue weighted by Gasteiger charge is -2.20. The lowest BCUT2D eigenvalue weighted by Crippen LogP contribution is -2.45. The van der Waals surface area contributed by atoms with Gasteiger partial charge in [0.05, 0.1) is 25.4 Å². The van der Waals surface area contributed by atoms with Gasteiger partial charge in [0, 0.05) is 12.8 Å². The molecule has 3 N–H and O–H groups in total. The molecule has 6 nitrogen and oxygen atoms in total. The van der Waals surface area contributed by atoms with Crippen LogP contribution in [0.1, 0.15) is 316 Å². The van der Waals surface area contributed by atoms with Crippen molar-refractivity contribution in [3.63, 3.8) is 0 Å². The molecular weight excluding hydrogens is 827 g/mol. The van der Waals surface area contributed by atoms with Gasteiger partial charge in [-0.15, -0.1) is 0 Å². The highest BCUT2D eigenvalue weighted by atomic mass is 16.5. The third-order valence-corrected chi connectivity index (χ3v) is 13.7. The third kappa shape index (κ3) is 53.3. The second-order valence-electron chi connectivity index (χ2n) is 20.4. The smallest absolute Gasteiger partial charge is 0.305 e. The highest BCUT2D eigenvalue weighted by Crippen LogP contribution is 2.17. The van der Waals surface area contributed by atoms with Crippen molar-refractivity contribution < 1.29 is 24.5 Å². The Labute approximate surface area is 417 Å². The first kappa shape index (κ1) is 65.1. The predicted molar refractivity (Wildman–Crippen MR) is 292 cm³/mol. The average Bonchev–Trinajstić information content (AvgIpc) is 3.33. The van der Waals surface area contributed by atoms with E-state index in [9.17, 15) is 19.8 Å². The predicted octanol–water partition coefficient (Wildman–Crippen LogP) is 18.4. The van der Waals surface area contributed by atoms with E-state index in [4.69, 9.17) is 4.74 Å². The van der Waals surface area contributed by atoms with E-state index in [1.54, 1.807) is 6.08 Å². The Balaban J connectivity index is 3.54. The molecular formula is C61H115NO5. The molecule has 0 aromatic carbocycles. The normalized spacial score (nSPS) is 12.8. The van der Waals surface area contributed by atoms with Crippen LogP contribution in [-0.2, 0) is 14.3 Å². The van der Waals surface area contributed by atoms with Crippen LogP contribution in [0.4, 0.5) is 0 Å². The van der Waals surface area contributed by atoms with E-state index in [2.05, 4.69) is 43.5 Å². The van der Waals surface area contributed by atoms with Crippen LogP contribution >= 0.6 is 0 Å². The van der Waals surface area contributed by atoms with Crippen LogP contribution in [0.2, 0.25) is 0 Å². The van der Waals surface area contributed by atoms with Crippen molar-refractivity contribution >= 4 is 11.9 Å². The van der Waals surface area contributed by atoms with E-state index in [1.807, 2.05) is 6.08 Å². The molecule has 0 saturated heterocycles. The minimum atomic E-state index is -0.860. The van der Waals surface area contributed by atoms with E-state index >= 15 is 0 Å². The number of aliphatic hydroxyl groups excluding tert-OH is 2. The maximum absolute atomic E-state index is 12.5. The number of amides is 1. The highest BCUT2D eigenvalue weighted by Gasteiger charge is 2.18. The molecule has 0 spiro atoms. The van der Waals surface area contributed by atoms with Crippen molar-refractivity contribution in [1.82, 2.24) is 5.32 Å². The van der Waals surface area contributed by atoms with E-state index in [0.29, 0.717) is 19.4 Å². The molecule has 67 heavy (non-hydrogen) atoms. The van der Waals surface area contributed by atoms with E-state index in [0.717, 1.165) is 77.0 Å². The topological polar surface area (TPSA) is 95.9 Å². The van der Waals surface area contributed by atoms with Crippen molar-refractivity contribution in [2.75, 3.05) is 13.2 Å². The molecule has 2 unspecified atom stereocenters. The van der Waals surface area contributed by atoms with Crippen LogP contribution in [-0.4, -0.2) is 47.4 Å². The van der Waals surface area contributed by atoms with Gasteiger partial charge in [0.1, 0.15) is 0 Å². The first-order valence-electron chi connectivity index (χ1n) is 29.8. The Bertz CT molecular complexity index is 1090. The lowest BCUT2D eigenvalue weighted by atomic mass is 10.0. The van der Waals surface area contributed by atoms with Crippen LogP contribution in [0.3, 0.4) is 0 Å². The molecule has 0 aromatic rings. The zero-order valence-electron chi connectivity index (χ0n) is 44.9. The Morgan fingerprint density at radius 1 is 0.418 bits per heavy atom. The number of ether oxygens (including phenoxy) is 1. The number of hydrogen-bond acceptors (Lipinski definition) is 5. The highest BCUT2D eigenvalue weighted by molar-refractivity contribution is 5.76. The van der Waals surface area contributed by atoms with Gasteiger partial charge in [0.15, 0.2) is 0 Å². The molecule has 0 aliphatic carbocycles. The number of unbranched alkanes of at least 4 members (excludes halogenated alkanes) is 41. The van der Waals surface area contributed by atoms with Gasteiger partial charge in [-0.05, 0) is 64.2 Å². The van der Waals surface area contributed by atoms with Crippen molar-refractivity contribution in [2.24, 2.45) is 0 Å². The summed E-state index contributed by atoms with van der Waals surface area (Å²) in [6, 6.07) is -0.645. The summed E-state index contributed by atoms with van der Waals surface area (Å²) in [6.07, 6.45) is 70.3. The molecule has 0 heterocycles. The molecule has 0 saturated carbocycles. The number of carbonyl (C=O) groups is 2. The Morgan fingerprint density at radius 3 is 1.10 bits per heavy atom. The largest absolute Gasteiger partial charge is 0.466 e. The van der Waals surface area contributed by atoms with Crippen LogP contribution in [0.25, 0.3) is 0 Å². The van der Waals surface area contributed by atoms with Crippen molar-refractivity contribution in [1.29, 1.82) is 0 Å². The van der Waals surface area contributed by atoms with Gasteiger partial charge in [-0.25, -0.2) is 0 Å². The molecule has 0 radical (unpaired) electrons. The fourth-order valence-corrected chi connectivity index (χ4v) is 9.10. The Hall–Kier alpha value is -1.92. The number of rotatable bonds is 55. The molecule has 0 fully saturated rings. The summed E-state index contributed by atoms with van der Waals surface area (Å²) < 4.78 is 5.45. The van der Waals surface area contributed by atoms with Crippen molar-refractivity contribution in [3.8, 4) is 0 Å². The minimum Gasteiger partial charge on any atom is -0.466 e. The Morgan fingerprint density at radius 2 is 0.731 bits per heavy atom. The zero-order chi connectivity index (χ0) is 48.6. The summed E-state index contributed by atoms with van der Waals surface area (Å²) in [4.78, 5) is 24.5. The number of carbonyl (C=O) groups excluding carboxylic acids is 2. The Kier molecular flexibility index (Phi) is 55.0. The molecule has 0 rings (SSSR count). The maximum atomic E-state index is 12.5. The molecule has 0 aliphatic rings. The van der Waals surface area contributed by atoms with Gasteiger partial charge in [-0.2, -0.15) is 0 Å². The van der Waals surface area contributed by atoms with Crippen LogP contribution in [0, 0.1) is 0 Å². The third-order valence-electron chi connectivity index (χ3n) is 13.7. The van der Waals surface area contributed by atoms with Gasteiger partial charge in [0.2, 0.25) is 5.91 Å². The van der Waals surface area contributed by atoms with Gasteiger partial charge < -0.3 is 20.3 Å². The zero-order valence-corrected chi connectivity index (χ0v) is 44.9. The molecule has 0 bridgehead atoms. The van der Waals surface area contributed by atoms with E-state index in [-0.39, 0.29) is 18.5 Å². The monoisotopic (exact) mass is 942 g/mol. The standard InChI is InChI=1S/C61H115NO5/c1-3-5-7-9-11-13-15-17-19-20-21-22-23-26-29-33-37-41-45-49-53-59(64)58(57-63)62-60(65)54-50-46-42-38-34-30-27-24-28-32-36-40-44-48-52-56-67-61(66)55-51-47-43-39-35-31-25-18-16-14-12-10-8-6-4-2/h24,28,32,36,49,53,58-59,63-64H,3-23,25-27,29-31,33-35,37-48,50-52,54-57H2,1-2H3,(H,62,65)/b28-24-,36-32-,53-49+. The fraction of sp³-hybridized carbons (Fsp3) is 0.869. The van der Waals surface area contributed by atoms with Crippen LogP contribution in [0.5, 0.6) is 0 Å². The second kappa shape index (κ2) is 56.7. The second-order valence-corrected chi connectivity index (χ2v) is 20.4. The quantitative estimate of drug-likeness (QED) is 0.0244. The molecule has 0 aliphatic heterocycles. The van der Waals surface area contributed by atoms with Crippen LogP contribution < -0.4 is 5.32 Å². The summed E-state index contributed by atoms with van der Waals surface area (Å²) in [5.41, 5.74) is 0. The first-order chi connectivity index (χ1) is 33.0. The van der Waals surface area contributed by atoms with Gasteiger partial charge >= 0.3 is 5.97 Å². The number of nitrogens with one attached hydrogen (secondary N) is 1. The maximum Gasteiger partial charge on any atom is 0.305 e. The van der Waals surface area contributed by atoms with E-state index in [1.165, 1.54) is 212 Å². The summed E-state index contributed by atoms with van der Waals surface area (Å²) in [7, 11) is 0. The molecule has 0 aromatic heterocycles.